The number of ether oxygens (including phenoxy) is 1. The third-order valence-corrected chi connectivity index (χ3v) is 3.89. The fourth-order valence-electron chi connectivity index (χ4n) is 2.02. The predicted octanol–water partition coefficient (Wildman–Crippen LogP) is 4.71. The summed E-state index contributed by atoms with van der Waals surface area (Å²) < 4.78 is 12.0. The Hall–Kier alpha value is -1.49. The minimum absolute atomic E-state index is 0.811. The summed E-state index contributed by atoms with van der Waals surface area (Å²) in [5.74, 6) is 0.811. The molecule has 0 aliphatic carbocycles. The van der Waals surface area contributed by atoms with Crippen LogP contribution in [-0.2, 0) is 0 Å². The molecule has 90 valence electrons. The van der Waals surface area contributed by atoms with E-state index in [1.165, 1.54) is 9.13 Å². The zero-order valence-electron chi connectivity index (χ0n) is 9.81. The number of hydrogen-bond donors (Lipinski definition) is 0. The van der Waals surface area contributed by atoms with Crippen LogP contribution >= 0.6 is 22.6 Å². The van der Waals surface area contributed by atoms with Gasteiger partial charge in [-0.15, -0.1) is 0 Å². The highest BCUT2D eigenvalue weighted by Gasteiger charge is 2.10. The molecule has 2 nitrogen and oxygen atoms in total. The summed E-state index contributed by atoms with van der Waals surface area (Å²) in [6, 6.07) is 14.2. The Bertz CT molecular complexity index is 701. The van der Waals surface area contributed by atoms with E-state index in [1.807, 2.05) is 36.6 Å². The van der Waals surface area contributed by atoms with E-state index in [0.29, 0.717) is 0 Å². The molecule has 0 bridgehead atoms. The summed E-state index contributed by atoms with van der Waals surface area (Å²) in [4.78, 5) is 0. The van der Waals surface area contributed by atoms with Crippen molar-refractivity contribution in [2.24, 2.45) is 0 Å². The number of halogens is 1. The van der Waals surface area contributed by atoms with E-state index >= 15 is 0 Å². The second-order valence-corrected chi connectivity index (χ2v) is 5.15. The van der Waals surface area contributed by atoms with Crippen molar-refractivity contribution in [2.45, 2.75) is 0 Å². The van der Waals surface area contributed by atoms with Crippen molar-refractivity contribution < 1.29 is 9.15 Å². The summed E-state index contributed by atoms with van der Waals surface area (Å²) in [6.45, 7) is 0. The van der Waals surface area contributed by atoms with Crippen LogP contribution in [0.25, 0.3) is 22.1 Å². The topological polar surface area (TPSA) is 22.4 Å². The van der Waals surface area contributed by atoms with Crippen LogP contribution in [0.5, 0.6) is 5.75 Å². The van der Waals surface area contributed by atoms with Crippen molar-refractivity contribution in [3.63, 3.8) is 0 Å². The number of benzene rings is 2. The van der Waals surface area contributed by atoms with Crippen molar-refractivity contribution in [1.82, 2.24) is 0 Å². The fraction of sp³-hybridized carbons (Fsp3) is 0.0667. The molecule has 0 spiro atoms. The number of furan rings is 1. The van der Waals surface area contributed by atoms with Crippen LogP contribution in [0.4, 0.5) is 0 Å². The normalized spacial score (nSPS) is 10.8. The number of fused-ring (bicyclic) bond motifs is 1. The van der Waals surface area contributed by atoms with E-state index in [9.17, 15) is 0 Å². The molecule has 3 rings (SSSR count). The molecular weight excluding hydrogens is 339 g/mol. The third kappa shape index (κ3) is 1.88. The van der Waals surface area contributed by atoms with Crippen LogP contribution in [0.15, 0.2) is 53.1 Å². The monoisotopic (exact) mass is 350 g/mol. The number of rotatable bonds is 2. The minimum atomic E-state index is 0.811. The molecule has 1 heterocycles. The largest absolute Gasteiger partial charge is 0.497 e. The van der Waals surface area contributed by atoms with Crippen LogP contribution in [-0.4, -0.2) is 7.11 Å². The number of hydrogen-bond acceptors (Lipinski definition) is 2. The molecule has 0 radical (unpaired) electrons. The van der Waals surface area contributed by atoms with Crippen molar-refractivity contribution in [3.8, 4) is 16.9 Å². The number of methoxy groups -OCH3 is 1. The van der Waals surface area contributed by atoms with Gasteiger partial charge >= 0.3 is 0 Å². The van der Waals surface area contributed by atoms with Crippen molar-refractivity contribution in [1.29, 1.82) is 0 Å². The maximum Gasteiger partial charge on any atom is 0.138 e. The van der Waals surface area contributed by atoms with Crippen molar-refractivity contribution in [2.75, 3.05) is 7.11 Å². The Morgan fingerprint density at radius 3 is 2.67 bits per heavy atom. The molecule has 0 aliphatic heterocycles. The standard InChI is InChI=1S/C15H11IO2/c1-17-10-6-7-12-13(9-18-15(12)8-10)11-4-2-3-5-14(11)16/h2-9H,1H3. The molecule has 0 aliphatic rings. The first kappa shape index (κ1) is 11.6. The van der Waals surface area contributed by atoms with E-state index < -0.39 is 0 Å². The maximum atomic E-state index is 5.62. The van der Waals surface area contributed by atoms with Crippen LogP contribution in [0.2, 0.25) is 0 Å². The van der Waals surface area contributed by atoms with Crippen LogP contribution in [0.3, 0.4) is 0 Å². The zero-order valence-corrected chi connectivity index (χ0v) is 12.0. The van der Waals surface area contributed by atoms with Crippen LogP contribution in [0.1, 0.15) is 0 Å². The Balaban J connectivity index is 2.22. The molecule has 0 unspecified atom stereocenters. The summed E-state index contributed by atoms with van der Waals surface area (Å²) in [5.41, 5.74) is 3.17. The minimum Gasteiger partial charge on any atom is -0.497 e. The second-order valence-electron chi connectivity index (χ2n) is 3.99. The molecule has 3 heteroatoms. The van der Waals surface area contributed by atoms with Gasteiger partial charge in [-0.05, 0) is 46.4 Å². The SMILES string of the molecule is COc1ccc2c(-c3ccccc3I)coc2c1. The highest BCUT2D eigenvalue weighted by molar-refractivity contribution is 14.1. The average molecular weight is 350 g/mol. The van der Waals surface area contributed by atoms with E-state index in [1.54, 1.807) is 7.11 Å². The Morgan fingerprint density at radius 2 is 1.89 bits per heavy atom. The first-order valence-electron chi connectivity index (χ1n) is 5.60. The molecule has 2 aromatic carbocycles. The Kier molecular flexibility index (Phi) is 2.99. The van der Waals surface area contributed by atoms with Gasteiger partial charge in [0, 0.05) is 20.6 Å². The van der Waals surface area contributed by atoms with Gasteiger partial charge in [0.1, 0.15) is 11.3 Å². The first-order chi connectivity index (χ1) is 8.79. The maximum absolute atomic E-state index is 5.62. The van der Waals surface area contributed by atoms with Crippen LogP contribution < -0.4 is 4.74 Å². The average Bonchev–Trinajstić information content (AvgIpc) is 2.82. The molecule has 0 fully saturated rings. The van der Waals surface area contributed by atoms with Crippen molar-refractivity contribution >= 4 is 33.6 Å². The lowest BCUT2D eigenvalue weighted by Gasteiger charge is -2.02. The molecule has 3 aromatic rings. The summed E-state index contributed by atoms with van der Waals surface area (Å²) in [7, 11) is 1.66. The molecule has 0 saturated heterocycles. The molecule has 0 saturated carbocycles. The lowest BCUT2D eigenvalue weighted by Crippen LogP contribution is -1.82. The highest BCUT2D eigenvalue weighted by atomic mass is 127. The molecule has 1 aromatic heterocycles. The molecule has 0 amide bonds. The van der Waals surface area contributed by atoms with E-state index in [2.05, 4.69) is 34.7 Å². The zero-order chi connectivity index (χ0) is 12.5. The van der Waals surface area contributed by atoms with Gasteiger partial charge in [-0.1, -0.05) is 18.2 Å². The Labute approximate surface area is 119 Å². The Morgan fingerprint density at radius 1 is 1.06 bits per heavy atom. The van der Waals surface area contributed by atoms with Gasteiger partial charge in [0.25, 0.3) is 0 Å². The first-order valence-corrected chi connectivity index (χ1v) is 6.67. The lowest BCUT2D eigenvalue weighted by molar-refractivity contribution is 0.414. The van der Waals surface area contributed by atoms with Crippen molar-refractivity contribution in [3.05, 3.63) is 52.3 Å². The molecule has 0 atom stereocenters. The lowest BCUT2D eigenvalue weighted by atomic mass is 10.1. The van der Waals surface area contributed by atoms with Gasteiger partial charge in [-0.25, -0.2) is 0 Å². The van der Waals surface area contributed by atoms with E-state index in [4.69, 9.17) is 9.15 Å². The smallest absolute Gasteiger partial charge is 0.138 e. The summed E-state index contributed by atoms with van der Waals surface area (Å²) in [6.07, 6.45) is 1.81. The van der Waals surface area contributed by atoms with E-state index in [0.717, 1.165) is 22.3 Å². The fourth-order valence-corrected chi connectivity index (χ4v) is 2.70. The van der Waals surface area contributed by atoms with Gasteiger partial charge in [-0.3, -0.25) is 0 Å². The highest BCUT2D eigenvalue weighted by Crippen LogP contribution is 2.34. The van der Waals surface area contributed by atoms with Gasteiger partial charge in [0.2, 0.25) is 0 Å². The van der Waals surface area contributed by atoms with Gasteiger partial charge in [0.15, 0.2) is 0 Å². The third-order valence-electron chi connectivity index (χ3n) is 2.95. The van der Waals surface area contributed by atoms with Gasteiger partial charge < -0.3 is 9.15 Å². The molecule has 18 heavy (non-hydrogen) atoms. The summed E-state index contributed by atoms with van der Waals surface area (Å²) in [5, 5.41) is 1.11. The van der Waals surface area contributed by atoms with Gasteiger partial charge in [0.05, 0.1) is 13.4 Å². The second kappa shape index (κ2) is 4.65. The predicted molar refractivity (Wildman–Crippen MR) is 80.9 cm³/mol. The molecular formula is C15H11IO2. The molecule has 0 N–H and O–H groups in total. The van der Waals surface area contributed by atoms with E-state index in [-0.39, 0.29) is 0 Å². The quantitative estimate of drug-likeness (QED) is 0.625. The summed E-state index contributed by atoms with van der Waals surface area (Å²) >= 11 is 2.34. The van der Waals surface area contributed by atoms with Crippen LogP contribution in [0, 0.1) is 3.57 Å². The van der Waals surface area contributed by atoms with Gasteiger partial charge in [-0.2, -0.15) is 0 Å².